The van der Waals surface area contributed by atoms with Crippen LogP contribution in [-0.2, 0) is 16.1 Å². The summed E-state index contributed by atoms with van der Waals surface area (Å²) < 4.78 is 1.56. The third kappa shape index (κ3) is 2.53. The fourth-order valence-corrected chi connectivity index (χ4v) is 5.01. The maximum atomic E-state index is 12.1. The molecule has 0 spiro atoms. The van der Waals surface area contributed by atoms with Crippen LogP contribution in [0.2, 0.25) is 0 Å². The molecular weight excluding hydrogens is 351 g/mol. The fourth-order valence-electron chi connectivity index (χ4n) is 3.12. The molecule has 0 radical (unpaired) electrons. The molecule has 3 aliphatic heterocycles. The summed E-state index contributed by atoms with van der Waals surface area (Å²) in [4.78, 5) is 25.9. The molecule has 0 aliphatic carbocycles. The van der Waals surface area contributed by atoms with Crippen molar-refractivity contribution in [3.63, 3.8) is 0 Å². The Bertz CT molecular complexity index is 710. The van der Waals surface area contributed by atoms with E-state index in [4.69, 9.17) is 0 Å². The average molecular weight is 364 g/mol. The Labute approximate surface area is 161 Å². The minimum absolute atomic E-state index is 0. The number of nitrogens with zero attached hydrogens (tertiary/aromatic N) is 5. The van der Waals surface area contributed by atoms with Crippen LogP contribution in [0.5, 0.6) is 0 Å². The van der Waals surface area contributed by atoms with Gasteiger partial charge in [-0.05, 0) is 16.7 Å². The van der Waals surface area contributed by atoms with Gasteiger partial charge < -0.3 is 10.4 Å². The Hall–Kier alpha value is -0.590. The van der Waals surface area contributed by atoms with E-state index in [0.29, 0.717) is 16.6 Å². The zero-order valence-corrected chi connectivity index (χ0v) is 13.1. The first-order valence-corrected chi connectivity index (χ1v) is 8.72. The molecule has 3 aliphatic rings. The molecule has 1 aromatic rings. The first-order chi connectivity index (χ1) is 10.6. The van der Waals surface area contributed by atoms with Gasteiger partial charge in [0.15, 0.2) is 0 Å². The molecule has 2 fully saturated rings. The number of tetrazole rings is 1. The number of hydrogen-bond donors (Lipinski definition) is 2. The topological polar surface area (TPSA) is 113 Å². The monoisotopic (exact) mass is 364 g/mol. The molecule has 4 heterocycles. The van der Waals surface area contributed by atoms with Gasteiger partial charge in [0.05, 0.1) is 12.6 Å². The van der Waals surface area contributed by atoms with Crippen LogP contribution in [0.1, 0.15) is 0 Å². The Balaban J connectivity index is 0.00000156. The Morgan fingerprint density at radius 2 is 2.35 bits per heavy atom. The molecule has 0 aromatic carbocycles. The third-order valence-corrected chi connectivity index (χ3v) is 6.05. The zero-order chi connectivity index (χ0) is 15.4. The predicted molar refractivity (Wildman–Crippen MR) is 85.2 cm³/mol. The molecule has 23 heavy (non-hydrogen) atoms. The first kappa shape index (κ1) is 17.2. The van der Waals surface area contributed by atoms with Crippen LogP contribution in [0.3, 0.4) is 0 Å². The van der Waals surface area contributed by atoms with E-state index in [0.717, 1.165) is 0 Å². The summed E-state index contributed by atoms with van der Waals surface area (Å²) in [5.74, 6) is -1.25. The van der Waals surface area contributed by atoms with Crippen LogP contribution in [0.25, 0.3) is 0 Å². The number of aromatic nitrogens is 4. The van der Waals surface area contributed by atoms with E-state index in [1.54, 1.807) is 4.68 Å². The number of carboxylic acid groups (broad SMARTS) is 1. The summed E-state index contributed by atoms with van der Waals surface area (Å²) in [6.07, 6.45) is 1.85. The summed E-state index contributed by atoms with van der Waals surface area (Å²) in [6, 6.07) is -0.288. The number of aliphatic carboxylic acids is 1. The van der Waals surface area contributed by atoms with Gasteiger partial charge in [-0.1, -0.05) is 11.8 Å². The van der Waals surface area contributed by atoms with Crippen LogP contribution >= 0.6 is 23.5 Å². The van der Waals surface area contributed by atoms with Gasteiger partial charge in [-0.15, -0.1) is 16.9 Å². The molecule has 1 amide bonds. The van der Waals surface area contributed by atoms with Crippen LogP contribution < -0.4 is 5.32 Å². The molecular formula is C11H13N6NaO3S2. The van der Waals surface area contributed by atoms with Gasteiger partial charge in [-0.2, -0.15) is 0 Å². The standard InChI is InChI=1S/C11H12N6O3S2.Na.H/c1-21-11-13-14-15-16(11)3-5-8(10(19)20)17-7-4(22-5)2-12-6(7)9(17)18;;/h4,6-7,12H,2-3H2,1H3,(H,19,20);;/t4-,6+,7-;;/m1../s1. The number of carbonyl (C=O) groups is 2. The van der Waals surface area contributed by atoms with Crippen molar-refractivity contribution in [3.8, 4) is 0 Å². The number of nitrogens with one attached hydrogen (secondary N) is 1. The van der Waals surface area contributed by atoms with Crippen molar-refractivity contribution in [1.82, 2.24) is 30.4 Å². The minimum atomic E-state index is -1.08. The first-order valence-electron chi connectivity index (χ1n) is 6.61. The molecule has 9 nitrogen and oxygen atoms in total. The Morgan fingerprint density at radius 1 is 1.57 bits per heavy atom. The molecule has 3 atom stereocenters. The van der Waals surface area contributed by atoms with Gasteiger partial charge in [0, 0.05) is 16.7 Å². The average Bonchev–Trinajstić information content (AvgIpc) is 3.10. The van der Waals surface area contributed by atoms with E-state index in [9.17, 15) is 14.7 Å². The van der Waals surface area contributed by atoms with E-state index >= 15 is 0 Å². The van der Waals surface area contributed by atoms with Crippen LogP contribution in [0, 0.1) is 0 Å². The van der Waals surface area contributed by atoms with Crippen LogP contribution in [0.4, 0.5) is 0 Å². The van der Waals surface area contributed by atoms with E-state index < -0.39 is 5.97 Å². The number of thioether (sulfide) groups is 2. The molecule has 12 heteroatoms. The molecule has 0 unspecified atom stereocenters. The van der Waals surface area contributed by atoms with Gasteiger partial charge in [-0.25, -0.2) is 9.48 Å². The van der Waals surface area contributed by atoms with Crippen LogP contribution in [0.15, 0.2) is 15.8 Å². The number of rotatable bonds is 4. The van der Waals surface area contributed by atoms with E-state index in [1.807, 2.05) is 6.26 Å². The van der Waals surface area contributed by atoms with Gasteiger partial charge in [0.25, 0.3) is 0 Å². The van der Waals surface area contributed by atoms with Crippen molar-refractivity contribution in [2.75, 3.05) is 12.8 Å². The quantitative estimate of drug-likeness (QED) is 0.368. The number of allylic oxidation sites excluding steroid dienone is 1. The Morgan fingerprint density at radius 3 is 3.04 bits per heavy atom. The summed E-state index contributed by atoms with van der Waals surface area (Å²) in [5, 5.41) is 24.9. The molecule has 4 rings (SSSR count). The van der Waals surface area contributed by atoms with Crippen molar-refractivity contribution >= 4 is 65.0 Å². The summed E-state index contributed by atoms with van der Waals surface area (Å²) >= 11 is 2.89. The molecule has 0 saturated carbocycles. The van der Waals surface area contributed by atoms with Crippen LogP contribution in [-0.4, -0.2) is 102 Å². The van der Waals surface area contributed by atoms with Crippen molar-refractivity contribution in [2.24, 2.45) is 0 Å². The molecule has 118 valence electrons. The molecule has 0 bridgehead atoms. The van der Waals surface area contributed by atoms with E-state index in [2.05, 4.69) is 20.8 Å². The molecule has 2 saturated heterocycles. The Kier molecular flexibility index (Phi) is 4.78. The number of carbonyl (C=O) groups excluding carboxylic acids is 1. The van der Waals surface area contributed by atoms with Gasteiger partial charge in [0.2, 0.25) is 11.1 Å². The van der Waals surface area contributed by atoms with Gasteiger partial charge >= 0.3 is 35.5 Å². The summed E-state index contributed by atoms with van der Waals surface area (Å²) in [7, 11) is 0. The fraction of sp³-hybridized carbons (Fsp3) is 0.545. The second kappa shape index (κ2) is 6.37. The van der Waals surface area contributed by atoms with Gasteiger partial charge in [0.1, 0.15) is 11.7 Å². The second-order valence-corrected chi connectivity index (χ2v) is 7.25. The molecule has 2 N–H and O–H groups in total. The zero-order valence-electron chi connectivity index (χ0n) is 11.5. The van der Waals surface area contributed by atoms with E-state index in [-0.39, 0.29) is 65.0 Å². The number of amides is 1. The maximum absolute atomic E-state index is 12.1. The number of β-lactam (4-membered cyclic amide) rings is 1. The summed E-state index contributed by atoms with van der Waals surface area (Å²) in [5.41, 5.74) is 0.0683. The van der Waals surface area contributed by atoms with Gasteiger partial charge in [-0.3, -0.25) is 9.69 Å². The molecule has 1 aromatic heterocycles. The van der Waals surface area contributed by atoms with Crippen molar-refractivity contribution in [3.05, 3.63) is 10.6 Å². The van der Waals surface area contributed by atoms with Crippen molar-refractivity contribution in [2.45, 2.75) is 29.0 Å². The predicted octanol–water partition coefficient (Wildman–Crippen LogP) is -1.66. The number of carboxylic acids is 1. The third-order valence-electron chi connectivity index (χ3n) is 4.04. The van der Waals surface area contributed by atoms with E-state index in [1.165, 1.54) is 28.4 Å². The normalized spacial score (nSPS) is 28.3. The van der Waals surface area contributed by atoms with Crippen molar-refractivity contribution in [1.29, 1.82) is 0 Å². The SMILES string of the molecule is CSc1nnnn1CC1=C(C(=O)O)N2C(=O)[C@H]3NC[C@@H](S1)[C@H]32.[NaH]. The second-order valence-electron chi connectivity index (χ2n) is 5.14. The number of hydrogen-bond acceptors (Lipinski definition) is 8. The summed E-state index contributed by atoms with van der Waals surface area (Å²) in [6.45, 7) is 0.955. The van der Waals surface area contributed by atoms with Crippen molar-refractivity contribution < 1.29 is 14.7 Å².